The van der Waals surface area contributed by atoms with Crippen LogP contribution >= 0.6 is 11.5 Å². The molecule has 1 N–H and O–H groups in total. The van der Waals surface area contributed by atoms with Crippen molar-refractivity contribution in [3.05, 3.63) is 98.0 Å². The zero-order valence-electron chi connectivity index (χ0n) is 15.4. The molecule has 0 bridgehead atoms. The van der Waals surface area contributed by atoms with Gasteiger partial charge in [-0.15, -0.1) is 0 Å². The molecule has 0 aliphatic heterocycles. The van der Waals surface area contributed by atoms with Gasteiger partial charge < -0.3 is 5.32 Å². The van der Waals surface area contributed by atoms with Crippen molar-refractivity contribution in [2.45, 2.75) is 19.6 Å². The van der Waals surface area contributed by atoms with Gasteiger partial charge in [0, 0.05) is 11.9 Å². The van der Waals surface area contributed by atoms with E-state index in [-0.39, 0.29) is 24.5 Å². The molecule has 4 aromatic rings. The number of hydrogen-bond acceptors (Lipinski definition) is 5. The zero-order chi connectivity index (χ0) is 20.2. The number of nitrogens with one attached hydrogen (secondary N) is 1. The normalized spacial score (nSPS) is 10.9. The van der Waals surface area contributed by atoms with E-state index >= 15 is 0 Å². The molecule has 2 aromatic carbocycles. The van der Waals surface area contributed by atoms with Crippen LogP contribution < -0.4 is 16.6 Å². The van der Waals surface area contributed by atoms with Gasteiger partial charge in [0.1, 0.15) is 6.54 Å². The van der Waals surface area contributed by atoms with Crippen molar-refractivity contribution in [2.75, 3.05) is 0 Å². The van der Waals surface area contributed by atoms with E-state index in [0.29, 0.717) is 12.1 Å². The highest BCUT2D eigenvalue weighted by atomic mass is 32.1. The maximum atomic E-state index is 13.0. The van der Waals surface area contributed by atoms with Crippen molar-refractivity contribution in [3.8, 4) is 0 Å². The first-order valence-corrected chi connectivity index (χ1v) is 9.89. The lowest BCUT2D eigenvalue weighted by molar-refractivity contribution is -0.121. The van der Waals surface area contributed by atoms with Gasteiger partial charge in [-0.3, -0.25) is 18.7 Å². The molecule has 4 rings (SSSR count). The minimum absolute atomic E-state index is 0.123. The van der Waals surface area contributed by atoms with Crippen molar-refractivity contribution in [2.24, 2.45) is 0 Å². The monoisotopic (exact) mass is 406 g/mol. The van der Waals surface area contributed by atoms with Gasteiger partial charge in [-0.1, -0.05) is 60.7 Å². The molecule has 7 nitrogen and oxygen atoms in total. The van der Waals surface area contributed by atoms with Crippen molar-refractivity contribution in [1.29, 1.82) is 0 Å². The first kappa shape index (κ1) is 18.8. The number of aromatic nitrogens is 3. The van der Waals surface area contributed by atoms with E-state index in [9.17, 15) is 14.4 Å². The third kappa shape index (κ3) is 4.02. The first-order chi connectivity index (χ1) is 14.1. The number of carbonyl (C=O) groups excluding carboxylic acids is 1. The third-order valence-corrected chi connectivity index (χ3v) is 5.19. The van der Waals surface area contributed by atoms with Crippen molar-refractivity contribution < 1.29 is 4.79 Å². The lowest BCUT2D eigenvalue weighted by Crippen LogP contribution is -2.42. The largest absolute Gasteiger partial charge is 0.350 e. The van der Waals surface area contributed by atoms with E-state index in [1.807, 2.05) is 60.7 Å². The zero-order valence-corrected chi connectivity index (χ0v) is 16.3. The van der Waals surface area contributed by atoms with Crippen LogP contribution in [0.5, 0.6) is 0 Å². The van der Waals surface area contributed by atoms with Gasteiger partial charge >= 0.3 is 5.69 Å². The van der Waals surface area contributed by atoms with E-state index in [1.165, 1.54) is 4.57 Å². The highest BCUT2D eigenvalue weighted by Crippen LogP contribution is 2.10. The summed E-state index contributed by atoms with van der Waals surface area (Å²) in [6, 6.07) is 18.8. The second-order valence-electron chi connectivity index (χ2n) is 6.56. The maximum absolute atomic E-state index is 13.0. The Morgan fingerprint density at radius 1 is 0.931 bits per heavy atom. The minimum Gasteiger partial charge on any atom is -0.350 e. The second kappa shape index (κ2) is 8.24. The Labute approximate surface area is 170 Å². The summed E-state index contributed by atoms with van der Waals surface area (Å²) in [4.78, 5) is 38.3. The highest BCUT2D eigenvalue weighted by Gasteiger charge is 2.17. The molecule has 0 saturated carbocycles. The van der Waals surface area contributed by atoms with Gasteiger partial charge in [-0.05, 0) is 22.7 Å². The Morgan fingerprint density at radius 2 is 1.59 bits per heavy atom. The maximum Gasteiger partial charge on any atom is 0.332 e. The minimum atomic E-state index is -0.526. The number of rotatable bonds is 6. The molecule has 0 aliphatic carbocycles. The van der Waals surface area contributed by atoms with Crippen molar-refractivity contribution >= 4 is 28.5 Å². The number of hydrogen-bond donors (Lipinski definition) is 1. The number of benzene rings is 2. The van der Waals surface area contributed by atoms with Crippen LogP contribution in [0.15, 0.2) is 75.6 Å². The average Bonchev–Trinajstić information content (AvgIpc) is 3.24. The Hall–Kier alpha value is -3.52. The van der Waals surface area contributed by atoms with Crippen LogP contribution in [0.2, 0.25) is 0 Å². The predicted octanol–water partition coefficient (Wildman–Crippen LogP) is 1.98. The summed E-state index contributed by atoms with van der Waals surface area (Å²) in [5.74, 6) is -0.312. The SMILES string of the molecule is O=C(Cn1c(=O)n(Cc2ccccc2)c(=O)c2nscc21)NCc1ccccc1. The Bertz CT molecular complexity index is 1260. The smallest absolute Gasteiger partial charge is 0.332 e. The molecular weight excluding hydrogens is 388 g/mol. The first-order valence-electron chi connectivity index (χ1n) is 9.06. The molecule has 0 radical (unpaired) electrons. The van der Waals surface area contributed by atoms with Gasteiger partial charge in [0.25, 0.3) is 5.56 Å². The summed E-state index contributed by atoms with van der Waals surface area (Å²) in [5, 5.41) is 4.43. The van der Waals surface area contributed by atoms with Crippen LogP contribution in [0.3, 0.4) is 0 Å². The van der Waals surface area contributed by atoms with Crippen LogP contribution in [0.1, 0.15) is 11.1 Å². The van der Waals surface area contributed by atoms with Crippen molar-refractivity contribution in [3.63, 3.8) is 0 Å². The third-order valence-electron chi connectivity index (χ3n) is 4.57. The number of amides is 1. The Kier molecular flexibility index (Phi) is 5.35. The van der Waals surface area contributed by atoms with Crippen LogP contribution in [-0.4, -0.2) is 19.4 Å². The standard InChI is InChI=1S/C21H18N4O3S/c26-18(22-11-15-7-3-1-4-8-15)13-24-17-14-29-23-19(17)20(27)25(21(24)28)12-16-9-5-2-6-10-16/h1-10,14H,11-13H2,(H,22,26). The average molecular weight is 406 g/mol. The molecule has 0 unspecified atom stereocenters. The summed E-state index contributed by atoms with van der Waals surface area (Å²) in [5.41, 5.74) is 1.38. The van der Waals surface area contributed by atoms with Crippen molar-refractivity contribution in [1.82, 2.24) is 18.8 Å². The fourth-order valence-corrected chi connectivity index (χ4v) is 3.76. The van der Waals surface area contributed by atoms with E-state index in [0.717, 1.165) is 27.2 Å². The highest BCUT2D eigenvalue weighted by molar-refractivity contribution is 7.04. The van der Waals surface area contributed by atoms with E-state index in [4.69, 9.17) is 0 Å². The van der Waals surface area contributed by atoms with Crippen LogP contribution in [0.25, 0.3) is 11.0 Å². The Balaban J connectivity index is 1.65. The number of nitrogens with zero attached hydrogens (tertiary/aromatic N) is 3. The van der Waals surface area contributed by atoms with Gasteiger partial charge in [0.2, 0.25) is 5.91 Å². The van der Waals surface area contributed by atoms with E-state index < -0.39 is 11.2 Å². The topological polar surface area (TPSA) is 86.0 Å². The summed E-state index contributed by atoms with van der Waals surface area (Å²) in [6.07, 6.45) is 0. The predicted molar refractivity (Wildman–Crippen MR) is 112 cm³/mol. The fourth-order valence-electron chi connectivity index (χ4n) is 3.09. The molecule has 0 aliphatic rings. The lowest BCUT2D eigenvalue weighted by Gasteiger charge is -2.12. The molecule has 1 amide bonds. The summed E-state index contributed by atoms with van der Waals surface area (Å²) in [7, 11) is 0. The lowest BCUT2D eigenvalue weighted by atomic mass is 10.2. The van der Waals surface area contributed by atoms with Crippen LogP contribution in [-0.2, 0) is 24.4 Å². The summed E-state index contributed by atoms with van der Waals surface area (Å²) >= 11 is 1.09. The van der Waals surface area contributed by atoms with E-state index in [1.54, 1.807) is 5.38 Å². The molecule has 29 heavy (non-hydrogen) atoms. The molecule has 0 fully saturated rings. The Morgan fingerprint density at radius 3 is 2.28 bits per heavy atom. The quantitative estimate of drug-likeness (QED) is 0.531. The van der Waals surface area contributed by atoms with Gasteiger partial charge in [0.05, 0.1) is 12.1 Å². The fraction of sp³-hybridized carbons (Fsp3) is 0.143. The van der Waals surface area contributed by atoms with Crippen LogP contribution in [0.4, 0.5) is 0 Å². The van der Waals surface area contributed by atoms with Crippen LogP contribution in [0, 0.1) is 0 Å². The van der Waals surface area contributed by atoms with Gasteiger partial charge in [0.15, 0.2) is 5.52 Å². The number of carbonyl (C=O) groups is 1. The second-order valence-corrected chi connectivity index (χ2v) is 7.19. The molecule has 0 saturated heterocycles. The summed E-state index contributed by atoms with van der Waals surface area (Å²) in [6.45, 7) is 0.302. The summed E-state index contributed by atoms with van der Waals surface area (Å²) < 4.78 is 6.58. The molecule has 0 spiro atoms. The number of fused-ring (bicyclic) bond motifs is 1. The molecular formula is C21H18N4O3S. The van der Waals surface area contributed by atoms with Gasteiger partial charge in [-0.2, -0.15) is 4.37 Å². The molecule has 0 atom stereocenters. The van der Waals surface area contributed by atoms with E-state index in [2.05, 4.69) is 9.69 Å². The molecule has 2 aromatic heterocycles. The molecule has 8 heteroatoms. The molecule has 2 heterocycles. The van der Waals surface area contributed by atoms with Gasteiger partial charge in [-0.25, -0.2) is 4.79 Å². The molecule has 146 valence electrons.